The van der Waals surface area contributed by atoms with E-state index in [1.807, 2.05) is 41.8 Å². The number of nitrogens with one attached hydrogen (secondary N) is 3. The van der Waals surface area contributed by atoms with Gasteiger partial charge in [0, 0.05) is 46.8 Å². The third-order valence-electron chi connectivity index (χ3n) is 4.39. The monoisotopic (exact) mass is 540 g/mol. The molecule has 9 nitrogen and oxygen atoms in total. The van der Waals surface area contributed by atoms with Crippen molar-refractivity contribution in [2.45, 2.75) is 58.6 Å². The fourth-order valence-electron chi connectivity index (χ4n) is 3.14. The van der Waals surface area contributed by atoms with Crippen molar-refractivity contribution < 1.29 is 14.3 Å². The van der Waals surface area contributed by atoms with Crippen molar-refractivity contribution in [1.29, 1.82) is 0 Å². The zero-order valence-corrected chi connectivity index (χ0v) is 21.7. The number of hydrogen-bond donors (Lipinski definition) is 3. The largest absolute Gasteiger partial charge is 0.444 e. The number of carbonyl (C=O) groups excluding carboxylic acids is 2. The number of halogens is 1. The molecule has 2 amide bonds. The van der Waals surface area contributed by atoms with Crippen LogP contribution in [0.15, 0.2) is 4.99 Å². The van der Waals surface area contributed by atoms with E-state index >= 15 is 0 Å². The summed E-state index contributed by atoms with van der Waals surface area (Å²) in [6.07, 6.45) is 2.48. The molecule has 1 rings (SSSR count). The molecule has 1 atom stereocenters. The van der Waals surface area contributed by atoms with Crippen molar-refractivity contribution in [2.75, 3.05) is 53.4 Å². The molecule has 0 aliphatic carbocycles. The van der Waals surface area contributed by atoms with E-state index in [0.717, 1.165) is 44.9 Å². The maximum absolute atomic E-state index is 12.3. The third-order valence-corrected chi connectivity index (χ3v) is 4.39. The molecule has 0 aromatic rings. The molecular formula is C20H41IN6O3. The van der Waals surface area contributed by atoms with Gasteiger partial charge in [-0.2, -0.15) is 0 Å². The summed E-state index contributed by atoms with van der Waals surface area (Å²) in [5.74, 6) is 0.916. The van der Waals surface area contributed by atoms with Crippen LogP contribution in [0.4, 0.5) is 4.79 Å². The lowest BCUT2D eigenvalue weighted by Gasteiger charge is -2.25. The minimum atomic E-state index is -0.501. The van der Waals surface area contributed by atoms with Crippen LogP contribution in [-0.2, 0) is 9.53 Å². The van der Waals surface area contributed by atoms with Crippen LogP contribution >= 0.6 is 24.0 Å². The summed E-state index contributed by atoms with van der Waals surface area (Å²) in [5, 5.41) is 9.12. The first-order valence-corrected chi connectivity index (χ1v) is 10.6. The first-order chi connectivity index (χ1) is 13.6. The van der Waals surface area contributed by atoms with Crippen molar-refractivity contribution in [2.24, 2.45) is 4.99 Å². The number of alkyl carbamates (subject to hydrolysis) is 1. The number of ether oxygens (including phenoxy) is 1. The second kappa shape index (κ2) is 14.7. The molecule has 0 aromatic heterocycles. The molecule has 1 fully saturated rings. The summed E-state index contributed by atoms with van der Waals surface area (Å²) in [7, 11) is 3.63. The molecular weight excluding hydrogens is 499 g/mol. The number of guanidine groups is 1. The maximum atomic E-state index is 12.3. The van der Waals surface area contributed by atoms with Crippen LogP contribution in [0.1, 0.15) is 47.0 Å². The number of hydrogen-bond acceptors (Lipinski definition) is 5. The van der Waals surface area contributed by atoms with E-state index in [0.29, 0.717) is 19.6 Å². The summed E-state index contributed by atoms with van der Waals surface area (Å²) in [6.45, 7) is 11.8. The lowest BCUT2D eigenvalue weighted by Crippen LogP contribution is -2.43. The predicted octanol–water partition coefficient (Wildman–Crippen LogP) is 1.63. The van der Waals surface area contributed by atoms with Crippen LogP contribution in [0.2, 0.25) is 0 Å². The third kappa shape index (κ3) is 11.8. The molecule has 0 saturated carbocycles. The molecule has 1 unspecified atom stereocenters. The fraction of sp³-hybridized carbons (Fsp3) is 0.850. The highest BCUT2D eigenvalue weighted by atomic mass is 127. The number of aliphatic imine (C=N–C) groups is 1. The van der Waals surface area contributed by atoms with E-state index in [4.69, 9.17) is 4.74 Å². The van der Waals surface area contributed by atoms with Crippen LogP contribution in [-0.4, -0.2) is 92.8 Å². The van der Waals surface area contributed by atoms with Gasteiger partial charge >= 0.3 is 6.09 Å². The van der Waals surface area contributed by atoms with Gasteiger partial charge in [0.05, 0.1) is 6.04 Å². The fourth-order valence-corrected chi connectivity index (χ4v) is 3.14. The molecule has 0 bridgehead atoms. The molecule has 30 heavy (non-hydrogen) atoms. The SMILES string of the molecule is CCNC(=NCCCN1CCCC1C(=O)N(C)C)NCCNC(=O)OC(C)(C)C.I. The standard InChI is InChI=1S/C20H40N6O3.HI/c1-7-21-18(23-12-13-24-19(28)29-20(2,3)4)22-11-9-15-26-14-8-10-16(26)17(27)25(5)6;/h16H,7-15H2,1-6H3,(H,24,28)(H2,21,22,23);1H. The highest BCUT2D eigenvalue weighted by Gasteiger charge is 2.30. The van der Waals surface area contributed by atoms with E-state index < -0.39 is 11.7 Å². The Kier molecular flexibility index (Phi) is 14.0. The van der Waals surface area contributed by atoms with Gasteiger partial charge in [-0.15, -0.1) is 24.0 Å². The van der Waals surface area contributed by atoms with E-state index in [9.17, 15) is 9.59 Å². The van der Waals surface area contributed by atoms with Gasteiger partial charge in [-0.05, 0) is 53.5 Å². The minimum Gasteiger partial charge on any atom is -0.444 e. The van der Waals surface area contributed by atoms with Crippen LogP contribution in [0.25, 0.3) is 0 Å². The van der Waals surface area contributed by atoms with Gasteiger partial charge in [-0.3, -0.25) is 14.7 Å². The molecule has 1 aliphatic rings. The summed E-state index contributed by atoms with van der Waals surface area (Å²) in [4.78, 5) is 32.4. The van der Waals surface area contributed by atoms with Crippen molar-refractivity contribution in [1.82, 2.24) is 25.8 Å². The number of likely N-dealkylation sites (N-methyl/N-ethyl adjacent to an activating group) is 1. The van der Waals surface area contributed by atoms with Gasteiger partial charge in [0.25, 0.3) is 0 Å². The molecule has 176 valence electrons. The molecule has 1 aliphatic heterocycles. The van der Waals surface area contributed by atoms with Crippen molar-refractivity contribution >= 4 is 41.9 Å². The molecule has 1 heterocycles. The van der Waals surface area contributed by atoms with Crippen molar-refractivity contribution in [3.63, 3.8) is 0 Å². The van der Waals surface area contributed by atoms with Gasteiger partial charge < -0.3 is 25.6 Å². The number of nitrogens with zero attached hydrogens (tertiary/aromatic N) is 3. The summed E-state index contributed by atoms with van der Waals surface area (Å²) < 4.78 is 5.21. The average Bonchev–Trinajstić information content (AvgIpc) is 3.08. The van der Waals surface area contributed by atoms with Crippen molar-refractivity contribution in [3.8, 4) is 0 Å². The molecule has 1 saturated heterocycles. The highest BCUT2D eigenvalue weighted by Crippen LogP contribution is 2.18. The van der Waals surface area contributed by atoms with E-state index in [1.165, 1.54) is 0 Å². The summed E-state index contributed by atoms with van der Waals surface area (Å²) >= 11 is 0. The van der Waals surface area contributed by atoms with Gasteiger partial charge in [0.1, 0.15) is 5.60 Å². The topological polar surface area (TPSA) is 98.3 Å². The minimum absolute atomic E-state index is 0. The first-order valence-electron chi connectivity index (χ1n) is 10.6. The number of likely N-dealkylation sites (tertiary alicyclic amines) is 1. The summed E-state index contributed by atoms with van der Waals surface area (Å²) in [6, 6.07) is 0.0132. The molecule has 0 radical (unpaired) electrons. The van der Waals surface area contributed by atoms with Gasteiger partial charge in [0.2, 0.25) is 5.91 Å². The Hall–Kier alpha value is -1.30. The smallest absolute Gasteiger partial charge is 0.407 e. The second-order valence-corrected chi connectivity index (χ2v) is 8.40. The summed E-state index contributed by atoms with van der Waals surface area (Å²) in [5.41, 5.74) is -0.501. The van der Waals surface area contributed by atoms with Gasteiger partial charge in [-0.25, -0.2) is 4.79 Å². The molecule has 0 aromatic carbocycles. The van der Waals surface area contributed by atoms with Crippen LogP contribution in [0.5, 0.6) is 0 Å². The van der Waals surface area contributed by atoms with Crippen LogP contribution in [0, 0.1) is 0 Å². The zero-order chi connectivity index (χ0) is 21.9. The Morgan fingerprint density at radius 2 is 1.83 bits per heavy atom. The predicted molar refractivity (Wildman–Crippen MR) is 132 cm³/mol. The lowest BCUT2D eigenvalue weighted by atomic mass is 10.2. The average molecular weight is 540 g/mol. The Labute approximate surface area is 198 Å². The van der Waals surface area contributed by atoms with Crippen LogP contribution in [0.3, 0.4) is 0 Å². The van der Waals surface area contributed by atoms with E-state index in [-0.39, 0.29) is 35.9 Å². The second-order valence-electron chi connectivity index (χ2n) is 8.40. The Morgan fingerprint density at radius 1 is 1.17 bits per heavy atom. The quantitative estimate of drug-likeness (QED) is 0.178. The molecule has 10 heteroatoms. The van der Waals surface area contributed by atoms with E-state index in [1.54, 1.807) is 4.90 Å². The maximum Gasteiger partial charge on any atom is 0.407 e. The lowest BCUT2D eigenvalue weighted by molar-refractivity contribution is -0.133. The van der Waals surface area contributed by atoms with Gasteiger partial charge in [-0.1, -0.05) is 0 Å². The number of carbonyl (C=O) groups is 2. The number of amides is 2. The Balaban J connectivity index is 0.00000841. The Morgan fingerprint density at radius 3 is 2.43 bits per heavy atom. The van der Waals surface area contributed by atoms with E-state index in [2.05, 4.69) is 25.8 Å². The van der Waals surface area contributed by atoms with Gasteiger partial charge in [0.15, 0.2) is 5.96 Å². The Bertz CT molecular complexity index is 551. The number of rotatable bonds is 9. The molecule has 3 N–H and O–H groups in total. The zero-order valence-electron chi connectivity index (χ0n) is 19.4. The van der Waals surface area contributed by atoms with Crippen molar-refractivity contribution in [3.05, 3.63) is 0 Å². The normalized spacial score (nSPS) is 17.1. The van der Waals surface area contributed by atoms with Crippen LogP contribution < -0.4 is 16.0 Å². The first kappa shape index (κ1) is 28.7. The highest BCUT2D eigenvalue weighted by molar-refractivity contribution is 14.0. The molecule has 0 spiro atoms.